The summed E-state index contributed by atoms with van der Waals surface area (Å²) in [6.45, 7) is 1.68. The van der Waals surface area contributed by atoms with Crippen LogP contribution in [0.3, 0.4) is 0 Å². The van der Waals surface area contributed by atoms with Crippen molar-refractivity contribution in [1.82, 2.24) is 0 Å². The topological polar surface area (TPSA) is 166 Å². The normalized spacial score (nSPS) is 30.5. The lowest BCUT2D eigenvalue weighted by Gasteiger charge is -2.43. The highest BCUT2D eigenvalue weighted by Gasteiger charge is 2.85. The molecule has 1 fully saturated rings. The fourth-order valence-electron chi connectivity index (χ4n) is 6.93. The van der Waals surface area contributed by atoms with Gasteiger partial charge in [0.25, 0.3) is 0 Å². The Hall–Kier alpha value is -5.19. The van der Waals surface area contributed by atoms with Crippen molar-refractivity contribution in [1.29, 1.82) is 0 Å². The molecule has 0 unspecified atom stereocenters. The number of methoxy groups -OCH3 is 1. The number of carbonyl (C=O) groups excluding carboxylic acids is 2. The van der Waals surface area contributed by atoms with E-state index in [1.807, 2.05) is 0 Å². The third kappa shape index (κ3) is 2.48. The summed E-state index contributed by atoms with van der Waals surface area (Å²) in [6.07, 6.45) is 3.04. The number of aromatic hydroxyl groups is 3. The second-order valence-electron chi connectivity index (χ2n) is 10.1. The van der Waals surface area contributed by atoms with Crippen molar-refractivity contribution in [2.75, 3.05) is 12.4 Å². The van der Waals surface area contributed by atoms with Gasteiger partial charge in [-0.15, -0.1) is 0 Å². The number of aliphatic carboxylic acids is 1. The minimum absolute atomic E-state index is 0.0284. The fraction of sp³-hybridized carbons (Fsp3) is 0.233. The first-order valence-corrected chi connectivity index (χ1v) is 12.3. The molecule has 2 aliphatic heterocycles. The van der Waals surface area contributed by atoms with Crippen LogP contribution in [0.15, 0.2) is 41.7 Å². The SMILES string of the molecule is COC1=C(C(=O)O)[C@H](C)[C@@]23O[C@]24c2cc(O)c5c(c2N[C@H]3C#C/C=C/C#C[C@H]14)C(=O)c1c(O)ccc(O)c1C5=O. The molecule has 0 aromatic heterocycles. The highest BCUT2D eigenvalue weighted by atomic mass is 16.6. The molecule has 40 heavy (non-hydrogen) atoms. The number of ketones is 2. The Morgan fingerprint density at radius 3 is 2.20 bits per heavy atom. The van der Waals surface area contributed by atoms with Crippen LogP contribution >= 0.6 is 0 Å². The first-order valence-electron chi connectivity index (χ1n) is 12.3. The Kier molecular flexibility index (Phi) is 4.46. The van der Waals surface area contributed by atoms with Gasteiger partial charge in [0.2, 0.25) is 11.6 Å². The van der Waals surface area contributed by atoms with E-state index in [1.165, 1.54) is 25.3 Å². The van der Waals surface area contributed by atoms with Gasteiger partial charge >= 0.3 is 5.97 Å². The summed E-state index contributed by atoms with van der Waals surface area (Å²) in [5.74, 6) is 5.71. The molecule has 5 aliphatic rings. The summed E-state index contributed by atoms with van der Waals surface area (Å²) in [5, 5.41) is 45.5. The van der Waals surface area contributed by atoms with Gasteiger partial charge in [0.05, 0.1) is 40.6 Å². The zero-order valence-electron chi connectivity index (χ0n) is 20.9. The van der Waals surface area contributed by atoms with Crippen molar-refractivity contribution in [3.8, 4) is 40.9 Å². The highest BCUT2D eigenvalue weighted by Crippen LogP contribution is 2.74. The Labute approximate surface area is 226 Å². The number of nitrogens with one attached hydrogen (secondary N) is 1. The number of rotatable bonds is 2. The van der Waals surface area contributed by atoms with E-state index in [2.05, 4.69) is 29.0 Å². The van der Waals surface area contributed by atoms with Gasteiger partial charge in [-0.05, 0) is 30.4 Å². The lowest BCUT2D eigenvalue weighted by molar-refractivity contribution is -0.134. The Morgan fingerprint density at radius 1 is 0.975 bits per heavy atom. The lowest BCUT2D eigenvalue weighted by Crippen LogP contribution is -2.55. The quantitative estimate of drug-likeness (QED) is 0.186. The summed E-state index contributed by atoms with van der Waals surface area (Å²) in [5.41, 5.74) is -3.72. The van der Waals surface area contributed by atoms with Crippen molar-refractivity contribution in [2.24, 2.45) is 11.8 Å². The van der Waals surface area contributed by atoms with E-state index in [4.69, 9.17) is 9.47 Å². The van der Waals surface area contributed by atoms with Gasteiger partial charge in [0, 0.05) is 11.5 Å². The van der Waals surface area contributed by atoms with E-state index in [-0.39, 0.29) is 33.7 Å². The molecule has 2 aromatic carbocycles. The average Bonchev–Trinajstić information content (AvgIpc) is 3.64. The Balaban J connectivity index is 1.59. The molecular weight excluding hydrogens is 518 g/mol. The number of carboxylic acids is 1. The maximum absolute atomic E-state index is 13.9. The summed E-state index contributed by atoms with van der Waals surface area (Å²) in [4.78, 5) is 40.0. The van der Waals surface area contributed by atoms with Crippen molar-refractivity contribution in [3.05, 3.63) is 69.5 Å². The molecule has 4 bridgehead atoms. The van der Waals surface area contributed by atoms with E-state index in [0.29, 0.717) is 0 Å². The molecule has 5 N–H and O–H groups in total. The number of fused-ring (bicyclic) bond motifs is 4. The number of benzene rings is 2. The van der Waals surface area contributed by atoms with E-state index < -0.39 is 75.0 Å². The second-order valence-corrected chi connectivity index (χ2v) is 10.1. The molecule has 10 heteroatoms. The molecule has 2 aromatic rings. The summed E-state index contributed by atoms with van der Waals surface area (Å²) < 4.78 is 12.2. The van der Waals surface area contributed by atoms with Crippen LogP contribution in [0.25, 0.3) is 0 Å². The van der Waals surface area contributed by atoms with Crippen molar-refractivity contribution >= 4 is 23.2 Å². The molecule has 7 rings (SSSR count). The predicted molar refractivity (Wildman–Crippen MR) is 137 cm³/mol. The maximum atomic E-state index is 13.9. The molecule has 2 heterocycles. The monoisotopic (exact) mass is 537 g/mol. The second kappa shape index (κ2) is 7.47. The molecule has 3 aliphatic carbocycles. The largest absolute Gasteiger partial charge is 0.507 e. The van der Waals surface area contributed by atoms with Gasteiger partial charge in [0.15, 0.2) is 0 Å². The lowest BCUT2D eigenvalue weighted by atomic mass is 9.59. The first-order chi connectivity index (χ1) is 19.1. The van der Waals surface area contributed by atoms with Gasteiger partial charge in [-0.25, -0.2) is 4.79 Å². The molecule has 0 spiro atoms. The van der Waals surface area contributed by atoms with Crippen LogP contribution in [0, 0.1) is 35.5 Å². The van der Waals surface area contributed by atoms with Crippen LogP contribution in [0.1, 0.15) is 44.3 Å². The molecule has 198 valence electrons. The third-order valence-corrected chi connectivity index (χ3v) is 8.53. The zero-order valence-corrected chi connectivity index (χ0v) is 20.9. The van der Waals surface area contributed by atoms with Gasteiger partial charge in [-0.3, -0.25) is 9.59 Å². The van der Waals surface area contributed by atoms with Gasteiger partial charge in [-0.1, -0.05) is 30.6 Å². The van der Waals surface area contributed by atoms with Gasteiger partial charge in [0.1, 0.15) is 46.2 Å². The number of anilines is 1. The van der Waals surface area contributed by atoms with Crippen LogP contribution in [0.4, 0.5) is 5.69 Å². The van der Waals surface area contributed by atoms with Crippen LogP contribution in [0.5, 0.6) is 17.2 Å². The van der Waals surface area contributed by atoms with Crippen molar-refractivity contribution in [2.45, 2.75) is 24.2 Å². The van der Waals surface area contributed by atoms with Crippen LogP contribution in [0.2, 0.25) is 0 Å². The third-order valence-electron chi connectivity index (χ3n) is 8.53. The molecule has 1 saturated heterocycles. The summed E-state index contributed by atoms with van der Waals surface area (Å²) in [6, 6.07) is 2.60. The number of carbonyl (C=O) groups is 3. The number of ether oxygens (including phenoxy) is 2. The Morgan fingerprint density at radius 2 is 1.57 bits per heavy atom. The van der Waals surface area contributed by atoms with Crippen LogP contribution in [-0.2, 0) is 19.9 Å². The maximum Gasteiger partial charge on any atom is 0.335 e. The molecule has 0 radical (unpaired) electrons. The van der Waals surface area contributed by atoms with E-state index in [0.717, 1.165) is 12.1 Å². The number of hydrogen-bond donors (Lipinski definition) is 5. The minimum Gasteiger partial charge on any atom is -0.507 e. The number of phenols is 3. The van der Waals surface area contributed by atoms with Gasteiger partial charge < -0.3 is 35.2 Å². The van der Waals surface area contributed by atoms with Gasteiger partial charge in [-0.2, -0.15) is 0 Å². The number of hydrogen-bond acceptors (Lipinski definition) is 9. The van der Waals surface area contributed by atoms with Crippen molar-refractivity contribution in [3.63, 3.8) is 0 Å². The number of allylic oxidation sites excluding steroid dienone is 2. The van der Waals surface area contributed by atoms with Crippen molar-refractivity contribution < 1.29 is 44.3 Å². The zero-order chi connectivity index (χ0) is 28.3. The Bertz CT molecular complexity index is 1850. The van der Waals surface area contributed by atoms with Crippen LogP contribution in [-0.4, -0.2) is 56.7 Å². The average molecular weight is 537 g/mol. The van der Waals surface area contributed by atoms with E-state index in [9.17, 15) is 34.8 Å². The highest BCUT2D eigenvalue weighted by molar-refractivity contribution is 6.33. The van der Waals surface area contributed by atoms with E-state index in [1.54, 1.807) is 6.92 Å². The number of carboxylic acid groups (broad SMARTS) is 1. The summed E-state index contributed by atoms with van der Waals surface area (Å²) in [7, 11) is 1.34. The molecule has 5 atom stereocenters. The predicted octanol–water partition coefficient (Wildman–Crippen LogP) is 2.16. The molecule has 0 saturated carbocycles. The number of phenolic OH excluding ortho intramolecular Hbond substituents is 3. The molecular formula is C30H19NO9. The number of epoxide rings is 1. The summed E-state index contributed by atoms with van der Waals surface area (Å²) >= 11 is 0. The van der Waals surface area contributed by atoms with E-state index >= 15 is 0 Å². The minimum atomic E-state index is -1.41. The first kappa shape index (κ1) is 23.9. The standard InChI is InChI=1S/C30H19NO9/c1-12-19(28(37)38)27(39-2)13-7-5-3-4-6-8-18-29(12)30(13,40-29)14-11-17(34)22-23(24(14)31-18)26(36)21-16(33)10-9-15(32)20(21)25(22)35/h3-4,9-13,18,31-34H,1-2H3,(H,37,38)/b4-3+/t12-,13+,18-,29-,30+/m0/s1. The fourth-order valence-corrected chi connectivity index (χ4v) is 6.93. The molecule has 0 amide bonds. The van der Waals surface area contributed by atoms with Crippen LogP contribution < -0.4 is 5.32 Å². The smallest absolute Gasteiger partial charge is 0.335 e. The molecule has 10 nitrogen and oxygen atoms in total.